The molecule has 0 aliphatic heterocycles. The van der Waals surface area contributed by atoms with Crippen LogP contribution < -0.4 is 4.72 Å². The molecule has 0 unspecified atom stereocenters. The van der Waals surface area contributed by atoms with E-state index in [4.69, 9.17) is 0 Å². The first kappa shape index (κ1) is 16.2. The molecule has 0 aliphatic carbocycles. The lowest BCUT2D eigenvalue weighted by molar-refractivity contribution is -0.387. The second-order valence-electron chi connectivity index (χ2n) is 4.45. The van der Waals surface area contributed by atoms with Crippen molar-refractivity contribution in [3.05, 3.63) is 56.5 Å². The lowest BCUT2D eigenvalue weighted by Crippen LogP contribution is -2.16. The molecule has 0 amide bonds. The molecule has 0 saturated carbocycles. The van der Waals surface area contributed by atoms with E-state index in [0.717, 1.165) is 6.07 Å². The first-order valence-electron chi connectivity index (χ1n) is 5.97. The molecule has 9 heteroatoms. The van der Waals surface area contributed by atoms with Crippen molar-refractivity contribution in [1.29, 1.82) is 0 Å². The summed E-state index contributed by atoms with van der Waals surface area (Å²) in [5.74, 6) is -0.289. The highest BCUT2D eigenvalue weighted by molar-refractivity contribution is 9.10. The Kier molecular flexibility index (Phi) is 4.38. The van der Waals surface area contributed by atoms with Crippen LogP contribution in [0.25, 0.3) is 0 Å². The maximum atomic E-state index is 12.5. The molecule has 0 bridgehead atoms. The van der Waals surface area contributed by atoms with Crippen molar-refractivity contribution in [2.45, 2.75) is 11.8 Å². The van der Waals surface area contributed by atoms with Gasteiger partial charge in [-0.1, -0.05) is 28.1 Å². The minimum Gasteiger partial charge on any atom is -0.506 e. The van der Waals surface area contributed by atoms with Crippen molar-refractivity contribution < 1.29 is 18.4 Å². The molecule has 0 aliphatic rings. The molecule has 0 saturated heterocycles. The number of anilines is 1. The summed E-state index contributed by atoms with van der Waals surface area (Å²) in [5.41, 5.74) is -0.370. The van der Waals surface area contributed by atoms with Crippen LogP contribution in [-0.4, -0.2) is 18.4 Å². The van der Waals surface area contributed by atoms with Gasteiger partial charge in [0.05, 0.1) is 10.6 Å². The summed E-state index contributed by atoms with van der Waals surface area (Å²) in [6.07, 6.45) is 0. The molecule has 116 valence electrons. The number of hydrogen-bond acceptors (Lipinski definition) is 5. The van der Waals surface area contributed by atoms with Crippen molar-refractivity contribution in [2.24, 2.45) is 0 Å². The van der Waals surface area contributed by atoms with Crippen LogP contribution in [0.3, 0.4) is 0 Å². The third kappa shape index (κ3) is 3.20. The number of rotatable bonds is 4. The van der Waals surface area contributed by atoms with Crippen molar-refractivity contribution in [1.82, 2.24) is 0 Å². The zero-order chi connectivity index (χ0) is 16.5. The lowest BCUT2D eigenvalue weighted by Gasteiger charge is -2.12. The van der Waals surface area contributed by atoms with E-state index in [2.05, 4.69) is 20.7 Å². The van der Waals surface area contributed by atoms with Crippen molar-refractivity contribution in [3.8, 4) is 5.75 Å². The number of nitrogens with zero attached hydrogens (tertiary/aromatic N) is 1. The maximum Gasteiger partial charge on any atom is 0.290 e. The molecule has 2 aromatic rings. The third-order valence-corrected chi connectivity index (χ3v) is 4.91. The van der Waals surface area contributed by atoms with Gasteiger partial charge in [-0.15, -0.1) is 0 Å². The Hall–Kier alpha value is -2.13. The van der Waals surface area contributed by atoms with E-state index in [1.165, 1.54) is 37.3 Å². The van der Waals surface area contributed by atoms with E-state index in [9.17, 15) is 23.6 Å². The zero-order valence-corrected chi connectivity index (χ0v) is 13.7. The van der Waals surface area contributed by atoms with E-state index >= 15 is 0 Å². The Labute approximate surface area is 134 Å². The molecule has 0 heterocycles. The lowest BCUT2D eigenvalue weighted by atomic mass is 10.2. The molecule has 0 atom stereocenters. The van der Waals surface area contributed by atoms with Gasteiger partial charge in [-0.3, -0.25) is 14.8 Å². The summed E-state index contributed by atoms with van der Waals surface area (Å²) in [7, 11) is -4.23. The fourth-order valence-electron chi connectivity index (χ4n) is 1.92. The monoisotopic (exact) mass is 386 g/mol. The normalized spacial score (nSPS) is 11.2. The molecule has 2 N–H and O–H groups in total. The number of phenolic OH excluding ortho intramolecular Hbond substituents is 1. The second-order valence-corrected chi connectivity index (χ2v) is 6.98. The van der Waals surface area contributed by atoms with Gasteiger partial charge in [-0.2, -0.15) is 0 Å². The summed E-state index contributed by atoms with van der Waals surface area (Å²) < 4.78 is 27.6. The molecule has 2 rings (SSSR count). The van der Waals surface area contributed by atoms with Crippen LogP contribution in [0, 0.1) is 17.0 Å². The van der Waals surface area contributed by atoms with Gasteiger partial charge in [0.2, 0.25) is 0 Å². The van der Waals surface area contributed by atoms with Crippen LogP contribution in [0.1, 0.15) is 5.56 Å². The summed E-state index contributed by atoms with van der Waals surface area (Å²) in [5, 5.41) is 20.8. The Balaban J connectivity index is 2.57. The van der Waals surface area contributed by atoms with E-state index in [1.54, 1.807) is 0 Å². The third-order valence-electron chi connectivity index (χ3n) is 2.86. The molecule has 22 heavy (non-hydrogen) atoms. The van der Waals surface area contributed by atoms with Gasteiger partial charge in [0.15, 0.2) is 4.90 Å². The average molecular weight is 387 g/mol. The number of aryl methyl sites for hydroxylation is 1. The highest BCUT2D eigenvalue weighted by atomic mass is 79.9. The van der Waals surface area contributed by atoms with Crippen LogP contribution in [0.15, 0.2) is 45.8 Å². The number of nitrogens with one attached hydrogen (secondary N) is 1. The van der Waals surface area contributed by atoms with Crippen LogP contribution in [0.4, 0.5) is 11.4 Å². The van der Waals surface area contributed by atoms with Crippen molar-refractivity contribution in [3.63, 3.8) is 0 Å². The molecular weight excluding hydrogens is 376 g/mol. The highest BCUT2D eigenvalue weighted by Crippen LogP contribution is 2.32. The van der Waals surface area contributed by atoms with Gasteiger partial charge in [-0.05, 0) is 30.7 Å². The number of nitro benzene ring substituents is 1. The fourth-order valence-corrected chi connectivity index (χ4v) is 3.74. The summed E-state index contributed by atoms with van der Waals surface area (Å²) in [6.45, 7) is 1.46. The largest absolute Gasteiger partial charge is 0.506 e. The molecule has 0 spiro atoms. The quantitative estimate of drug-likeness (QED) is 0.476. The maximum absolute atomic E-state index is 12.5. The Bertz CT molecular complexity index is 852. The molecular formula is C13H11BrN2O5S. The molecule has 0 fully saturated rings. The predicted octanol–water partition coefficient (Wildman–Crippen LogP) is 3.17. The average Bonchev–Trinajstić information content (AvgIpc) is 2.42. The van der Waals surface area contributed by atoms with Gasteiger partial charge in [0.25, 0.3) is 15.7 Å². The number of halogens is 1. The SMILES string of the molecule is Cc1cccc([N+](=O)[O-])c1S(=O)(=O)Nc1cc(Br)ccc1O. The van der Waals surface area contributed by atoms with Gasteiger partial charge in [0, 0.05) is 10.5 Å². The highest BCUT2D eigenvalue weighted by Gasteiger charge is 2.28. The smallest absolute Gasteiger partial charge is 0.290 e. The van der Waals surface area contributed by atoms with E-state index in [-0.39, 0.29) is 17.0 Å². The van der Waals surface area contributed by atoms with E-state index in [1.807, 2.05) is 0 Å². The molecule has 2 aromatic carbocycles. The van der Waals surface area contributed by atoms with E-state index < -0.39 is 25.5 Å². The number of nitro groups is 1. The van der Waals surface area contributed by atoms with E-state index in [0.29, 0.717) is 4.47 Å². The zero-order valence-electron chi connectivity index (χ0n) is 11.3. The van der Waals surface area contributed by atoms with Gasteiger partial charge >= 0.3 is 0 Å². The first-order valence-corrected chi connectivity index (χ1v) is 8.25. The first-order chi connectivity index (χ1) is 10.2. The number of phenols is 1. The Morgan fingerprint density at radius 3 is 2.59 bits per heavy atom. The molecule has 0 aromatic heterocycles. The number of aromatic hydroxyl groups is 1. The summed E-state index contributed by atoms with van der Waals surface area (Å²) in [4.78, 5) is 9.86. The van der Waals surface area contributed by atoms with Gasteiger partial charge in [-0.25, -0.2) is 8.42 Å². The van der Waals surface area contributed by atoms with Gasteiger partial charge in [0.1, 0.15) is 5.75 Å². The fraction of sp³-hybridized carbons (Fsp3) is 0.0769. The minimum atomic E-state index is -4.23. The Morgan fingerprint density at radius 1 is 1.27 bits per heavy atom. The second kappa shape index (κ2) is 5.93. The predicted molar refractivity (Wildman–Crippen MR) is 84.4 cm³/mol. The topological polar surface area (TPSA) is 110 Å². The standard InChI is InChI=1S/C13H11BrN2O5S/c1-8-3-2-4-11(16(18)19)13(8)22(20,21)15-10-7-9(14)5-6-12(10)17/h2-7,15,17H,1H3. The summed E-state index contributed by atoms with van der Waals surface area (Å²) >= 11 is 3.16. The van der Waals surface area contributed by atoms with Crippen LogP contribution in [0.5, 0.6) is 5.75 Å². The number of benzene rings is 2. The van der Waals surface area contributed by atoms with Crippen LogP contribution in [0.2, 0.25) is 0 Å². The van der Waals surface area contributed by atoms with Crippen molar-refractivity contribution >= 4 is 37.3 Å². The summed E-state index contributed by atoms with van der Waals surface area (Å²) in [6, 6.07) is 8.17. The number of hydrogen-bond donors (Lipinski definition) is 2. The van der Waals surface area contributed by atoms with Crippen LogP contribution >= 0.6 is 15.9 Å². The molecule has 7 nitrogen and oxygen atoms in total. The van der Waals surface area contributed by atoms with Crippen molar-refractivity contribution in [2.75, 3.05) is 4.72 Å². The minimum absolute atomic E-state index is 0.0769. The number of sulfonamides is 1. The Morgan fingerprint density at radius 2 is 1.95 bits per heavy atom. The molecule has 0 radical (unpaired) electrons. The van der Waals surface area contributed by atoms with Gasteiger partial charge < -0.3 is 5.11 Å². The van der Waals surface area contributed by atoms with Crippen LogP contribution in [-0.2, 0) is 10.0 Å².